The van der Waals surface area contributed by atoms with E-state index < -0.39 is 5.97 Å². The molecule has 5 fully saturated rings. The SMILES string of the molecule is O=C(OCC1CCCCC1)c1ccccc1C(=O)OC1C2CC3CC(C2)CC1C3. The predicted molar refractivity (Wildman–Crippen MR) is 110 cm³/mol. The topological polar surface area (TPSA) is 52.6 Å². The third-order valence-corrected chi connectivity index (χ3v) is 7.93. The highest BCUT2D eigenvalue weighted by molar-refractivity contribution is 6.03. The summed E-state index contributed by atoms with van der Waals surface area (Å²) in [5, 5.41) is 0. The molecule has 0 N–H and O–H groups in total. The van der Waals surface area contributed by atoms with Crippen LogP contribution in [0.25, 0.3) is 0 Å². The first-order valence-corrected chi connectivity index (χ1v) is 11.6. The van der Waals surface area contributed by atoms with Gasteiger partial charge in [0.05, 0.1) is 17.7 Å². The quantitative estimate of drug-likeness (QED) is 0.625. The van der Waals surface area contributed by atoms with Crippen molar-refractivity contribution in [1.82, 2.24) is 0 Å². The van der Waals surface area contributed by atoms with Crippen LogP contribution in [0.2, 0.25) is 0 Å². The van der Waals surface area contributed by atoms with E-state index in [1.807, 2.05) is 0 Å². The minimum Gasteiger partial charge on any atom is -0.462 e. The first-order valence-electron chi connectivity index (χ1n) is 11.6. The lowest BCUT2D eigenvalue weighted by Gasteiger charge is -2.53. The van der Waals surface area contributed by atoms with Gasteiger partial charge in [-0.3, -0.25) is 0 Å². The third-order valence-electron chi connectivity index (χ3n) is 7.93. The van der Waals surface area contributed by atoms with Crippen molar-refractivity contribution >= 4 is 11.9 Å². The Kier molecular flexibility index (Phi) is 5.36. The molecule has 156 valence electrons. The fraction of sp³-hybridized carbons (Fsp3) is 0.680. The van der Waals surface area contributed by atoms with E-state index in [4.69, 9.17) is 9.47 Å². The van der Waals surface area contributed by atoms with E-state index in [1.54, 1.807) is 24.3 Å². The summed E-state index contributed by atoms with van der Waals surface area (Å²) in [5.41, 5.74) is 0.701. The molecular weight excluding hydrogens is 364 g/mol. The molecule has 0 atom stereocenters. The van der Waals surface area contributed by atoms with Crippen LogP contribution in [0.5, 0.6) is 0 Å². The lowest BCUT2D eigenvalue weighted by atomic mass is 9.55. The maximum atomic E-state index is 13.0. The first-order chi connectivity index (χ1) is 14.2. The van der Waals surface area contributed by atoms with Gasteiger partial charge in [0.25, 0.3) is 0 Å². The molecule has 5 aliphatic rings. The smallest absolute Gasteiger partial charge is 0.339 e. The van der Waals surface area contributed by atoms with E-state index in [0.717, 1.165) is 24.7 Å². The average Bonchev–Trinajstić information content (AvgIpc) is 2.74. The number of ether oxygens (including phenoxy) is 2. The zero-order valence-corrected chi connectivity index (χ0v) is 17.2. The number of benzene rings is 1. The van der Waals surface area contributed by atoms with Gasteiger partial charge in [0.1, 0.15) is 6.10 Å². The molecule has 0 heterocycles. The van der Waals surface area contributed by atoms with Gasteiger partial charge in [-0.05, 0) is 86.7 Å². The molecule has 29 heavy (non-hydrogen) atoms. The van der Waals surface area contributed by atoms with Crippen LogP contribution in [-0.2, 0) is 9.47 Å². The first kappa shape index (κ1) is 19.1. The lowest BCUT2D eigenvalue weighted by Crippen LogP contribution is -2.50. The molecule has 1 aromatic carbocycles. The molecule has 0 saturated heterocycles. The Balaban J connectivity index is 1.25. The highest BCUT2D eigenvalue weighted by Gasteiger charge is 2.50. The number of hydrogen-bond acceptors (Lipinski definition) is 4. The van der Waals surface area contributed by atoms with Gasteiger partial charge in [-0.15, -0.1) is 0 Å². The van der Waals surface area contributed by atoms with Crippen molar-refractivity contribution in [3.05, 3.63) is 35.4 Å². The van der Waals surface area contributed by atoms with Crippen LogP contribution in [0.15, 0.2) is 24.3 Å². The Morgan fingerprint density at radius 1 is 0.793 bits per heavy atom. The van der Waals surface area contributed by atoms with E-state index in [1.165, 1.54) is 51.4 Å². The molecular formula is C25H32O4. The predicted octanol–water partition coefficient (Wildman–Crippen LogP) is 5.41. The summed E-state index contributed by atoms with van der Waals surface area (Å²) in [6.45, 7) is 0.456. The second-order valence-corrected chi connectivity index (χ2v) is 9.95. The van der Waals surface area contributed by atoms with E-state index >= 15 is 0 Å². The Morgan fingerprint density at radius 2 is 1.38 bits per heavy atom. The highest BCUT2D eigenvalue weighted by Crippen LogP contribution is 2.54. The van der Waals surface area contributed by atoms with Crippen molar-refractivity contribution in [2.75, 3.05) is 6.61 Å². The molecule has 4 nitrogen and oxygen atoms in total. The molecule has 0 spiro atoms. The Morgan fingerprint density at radius 3 is 2.00 bits per heavy atom. The highest BCUT2D eigenvalue weighted by atomic mass is 16.5. The van der Waals surface area contributed by atoms with E-state index in [-0.39, 0.29) is 12.1 Å². The summed E-state index contributed by atoms with van der Waals surface area (Å²) in [6.07, 6.45) is 12.2. The second kappa shape index (κ2) is 8.12. The Bertz CT molecular complexity index is 736. The number of esters is 2. The normalized spacial score (nSPS) is 33.4. The van der Waals surface area contributed by atoms with Crippen molar-refractivity contribution in [3.8, 4) is 0 Å². The minimum atomic E-state index is -0.395. The number of carbonyl (C=O) groups excluding carboxylic acids is 2. The standard InChI is InChI=1S/C25H32O4/c26-24(28-15-16-6-2-1-3-7-16)21-8-4-5-9-22(21)25(27)29-23-19-11-17-10-18(13-19)14-20(23)12-17/h4-5,8-9,16-20,23H,1-3,6-7,10-15H2. The average molecular weight is 397 g/mol. The monoisotopic (exact) mass is 396 g/mol. The number of rotatable bonds is 5. The van der Waals surface area contributed by atoms with Crippen LogP contribution in [0.4, 0.5) is 0 Å². The van der Waals surface area contributed by atoms with Crippen molar-refractivity contribution in [2.45, 2.75) is 70.3 Å². The maximum Gasteiger partial charge on any atom is 0.339 e. The summed E-state index contributed by atoms with van der Waals surface area (Å²) in [4.78, 5) is 25.8. The van der Waals surface area contributed by atoms with Crippen LogP contribution in [0.3, 0.4) is 0 Å². The largest absolute Gasteiger partial charge is 0.462 e. The molecule has 6 rings (SSSR count). The van der Waals surface area contributed by atoms with Crippen LogP contribution >= 0.6 is 0 Å². The van der Waals surface area contributed by atoms with Gasteiger partial charge in [0, 0.05) is 0 Å². The zero-order chi connectivity index (χ0) is 19.8. The zero-order valence-electron chi connectivity index (χ0n) is 17.2. The summed E-state index contributed by atoms with van der Waals surface area (Å²) < 4.78 is 11.6. The molecule has 5 saturated carbocycles. The van der Waals surface area contributed by atoms with E-state index in [9.17, 15) is 9.59 Å². The van der Waals surface area contributed by atoms with Crippen molar-refractivity contribution in [2.24, 2.45) is 29.6 Å². The van der Waals surface area contributed by atoms with Crippen LogP contribution in [0.1, 0.15) is 84.9 Å². The van der Waals surface area contributed by atoms with Crippen LogP contribution in [0, 0.1) is 29.6 Å². The molecule has 0 amide bonds. The second-order valence-electron chi connectivity index (χ2n) is 9.95. The molecule has 1 aromatic rings. The summed E-state index contributed by atoms with van der Waals surface area (Å²) in [6, 6.07) is 6.98. The van der Waals surface area contributed by atoms with Crippen molar-refractivity contribution < 1.29 is 19.1 Å². The molecule has 0 radical (unpaired) electrons. The van der Waals surface area contributed by atoms with Gasteiger partial charge < -0.3 is 9.47 Å². The molecule has 5 aliphatic carbocycles. The van der Waals surface area contributed by atoms with E-state index in [0.29, 0.717) is 35.5 Å². The molecule has 0 unspecified atom stereocenters. The number of hydrogen-bond donors (Lipinski definition) is 0. The van der Waals surface area contributed by atoms with Gasteiger partial charge in [-0.25, -0.2) is 9.59 Å². The molecule has 0 aromatic heterocycles. The summed E-state index contributed by atoms with van der Waals surface area (Å²) >= 11 is 0. The van der Waals surface area contributed by atoms with Gasteiger partial charge in [-0.2, -0.15) is 0 Å². The van der Waals surface area contributed by atoms with E-state index in [2.05, 4.69) is 0 Å². The fourth-order valence-corrected chi connectivity index (χ4v) is 6.72. The van der Waals surface area contributed by atoms with Gasteiger partial charge in [-0.1, -0.05) is 31.4 Å². The Labute approximate surface area is 173 Å². The van der Waals surface area contributed by atoms with Crippen LogP contribution < -0.4 is 0 Å². The summed E-state index contributed by atoms with van der Waals surface area (Å²) in [5.74, 6) is 2.42. The van der Waals surface area contributed by atoms with Gasteiger partial charge in [0.15, 0.2) is 0 Å². The maximum absolute atomic E-state index is 13.0. The van der Waals surface area contributed by atoms with Crippen molar-refractivity contribution in [3.63, 3.8) is 0 Å². The van der Waals surface area contributed by atoms with Crippen LogP contribution in [-0.4, -0.2) is 24.6 Å². The van der Waals surface area contributed by atoms with Gasteiger partial charge in [0.2, 0.25) is 0 Å². The Hall–Kier alpha value is -1.84. The minimum absolute atomic E-state index is 0.0293. The molecule has 4 heteroatoms. The molecule has 4 bridgehead atoms. The summed E-state index contributed by atoms with van der Waals surface area (Å²) in [7, 11) is 0. The fourth-order valence-electron chi connectivity index (χ4n) is 6.72. The van der Waals surface area contributed by atoms with Gasteiger partial charge >= 0.3 is 11.9 Å². The third kappa shape index (κ3) is 3.95. The lowest BCUT2D eigenvalue weighted by molar-refractivity contribution is -0.101. The molecule has 0 aliphatic heterocycles. The number of carbonyl (C=O) groups is 2. The van der Waals surface area contributed by atoms with Crippen molar-refractivity contribution in [1.29, 1.82) is 0 Å².